The molecule has 0 aliphatic carbocycles. The van der Waals surface area contributed by atoms with E-state index in [0.717, 1.165) is 24.8 Å². The molecule has 0 aliphatic rings. The molecule has 0 radical (unpaired) electrons. The lowest BCUT2D eigenvalue weighted by molar-refractivity contribution is -0.137. The zero-order valence-corrected chi connectivity index (χ0v) is 14.2. The van der Waals surface area contributed by atoms with Gasteiger partial charge in [-0.05, 0) is 46.1 Å². The largest absolute Gasteiger partial charge is 0.463 e. The Labute approximate surface area is 128 Å². The van der Waals surface area contributed by atoms with E-state index < -0.39 is 11.7 Å². The number of esters is 1. The molecule has 0 saturated carbocycles. The third-order valence-corrected chi connectivity index (χ3v) is 2.61. The van der Waals surface area contributed by atoms with Gasteiger partial charge in [0.15, 0.2) is 0 Å². The van der Waals surface area contributed by atoms with E-state index in [1.54, 1.807) is 14.0 Å². The molecule has 0 rings (SSSR count). The Morgan fingerprint density at radius 1 is 1.19 bits per heavy atom. The van der Waals surface area contributed by atoms with Gasteiger partial charge in [0.1, 0.15) is 5.60 Å². The number of amides is 1. The van der Waals surface area contributed by atoms with Crippen molar-refractivity contribution in [2.45, 2.75) is 59.5 Å². The van der Waals surface area contributed by atoms with E-state index in [1.807, 2.05) is 20.8 Å². The maximum Gasteiger partial charge on any atom is 0.410 e. The molecule has 21 heavy (non-hydrogen) atoms. The topological polar surface area (TPSA) is 55.8 Å². The van der Waals surface area contributed by atoms with Crippen LogP contribution in [0.4, 0.5) is 4.79 Å². The Morgan fingerprint density at radius 2 is 1.81 bits per heavy atom. The second-order valence-corrected chi connectivity index (χ2v) is 5.99. The van der Waals surface area contributed by atoms with E-state index in [2.05, 4.69) is 6.92 Å². The van der Waals surface area contributed by atoms with Crippen LogP contribution in [0.1, 0.15) is 53.9 Å². The number of rotatable bonds is 7. The summed E-state index contributed by atoms with van der Waals surface area (Å²) in [5.41, 5.74) is 0.350. The SMILES string of the molecule is CCCC/C(=C/C(=O)OCC)CN(C)C(=O)OC(C)(C)C. The van der Waals surface area contributed by atoms with Crippen molar-refractivity contribution < 1.29 is 19.1 Å². The highest BCUT2D eigenvalue weighted by molar-refractivity contribution is 5.83. The van der Waals surface area contributed by atoms with Gasteiger partial charge >= 0.3 is 12.1 Å². The summed E-state index contributed by atoms with van der Waals surface area (Å²) in [7, 11) is 1.67. The summed E-state index contributed by atoms with van der Waals surface area (Å²) in [4.78, 5) is 25.0. The molecule has 1 amide bonds. The van der Waals surface area contributed by atoms with Crippen LogP contribution in [0.2, 0.25) is 0 Å². The van der Waals surface area contributed by atoms with Crippen LogP contribution in [0.25, 0.3) is 0 Å². The van der Waals surface area contributed by atoms with Crippen molar-refractivity contribution in [1.29, 1.82) is 0 Å². The van der Waals surface area contributed by atoms with E-state index in [0.29, 0.717) is 13.2 Å². The summed E-state index contributed by atoms with van der Waals surface area (Å²) in [5, 5.41) is 0. The first-order valence-electron chi connectivity index (χ1n) is 7.50. The lowest BCUT2D eigenvalue weighted by atomic mass is 10.1. The Morgan fingerprint density at radius 3 is 2.29 bits per heavy atom. The first-order valence-corrected chi connectivity index (χ1v) is 7.50. The first kappa shape index (κ1) is 19.5. The van der Waals surface area contributed by atoms with Crippen molar-refractivity contribution in [2.75, 3.05) is 20.2 Å². The van der Waals surface area contributed by atoms with E-state index in [4.69, 9.17) is 9.47 Å². The Bertz CT molecular complexity index is 369. The average molecular weight is 299 g/mol. The third-order valence-electron chi connectivity index (χ3n) is 2.61. The van der Waals surface area contributed by atoms with Crippen molar-refractivity contribution in [3.63, 3.8) is 0 Å². The summed E-state index contributed by atoms with van der Waals surface area (Å²) in [6.07, 6.45) is 3.85. The fraction of sp³-hybridized carbons (Fsp3) is 0.750. The minimum atomic E-state index is -0.528. The molecule has 0 aromatic carbocycles. The molecular weight excluding hydrogens is 270 g/mol. The standard InChI is InChI=1S/C16H29NO4/c1-7-9-10-13(11-14(18)20-8-2)12-17(6)15(19)21-16(3,4)5/h11H,7-10,12H2,1-6H3/b13-11-. The fourth-order valence-electron chi connectivity index (χ4n) is 1.66. The number of carbonyl (C=O) groups is 2. The van der Waals surface area contributed by atoms with Crippen LogP contribution < -0.4 is 0 Å². The molecule has 0 fully saturated rings. The zero-order valence-electron chi connectivity index (χ0n) is 14.2. The maximum atomic E-state index is 11.9. The normalized spacial score (nSPS) is 12.0. The molecule has 0 atom stereocenters. The summed E-state index contributed by atoms with van der Waals surface area (Å²) >= 11 is 0. The van der Waals surface area contributed by atoms with Crippen molar-refractivity contribution in [3.8, 4) is 0 Å². The van der Waals surface area contributed by atoms with Gasteiger partial charge in [-0.25, -0.2) is 9.59 Å². The quantitative estimate of drug-likeness (QED) is 0.533. The van der Waals surface area contributed by atoms with Crippen molar-refractivity contribution >= 4 is 12.1 Å². The minimum absolute atomic E-state index is 0.346. The maximum absolute atomic E-state index is 11.9. The number of hydrogen-bond donors (Lipinski definition) is 0. The molecule has 5 heteroatoms. The van der Waals surface area contributed by atoms with Gasteiger partial charge in [-0.2, -0.15) is 0 Å². The smallest absolute Gasteiger partial charge is 0.410 e. The number of unbranched alkanes of at least 4 members (excludes halogenated alkanes) is 1. The second kappa shape index (κ2) is 9.42. The summed E-state index contributed by atoms with van der Waals surface area (Å²) in [6, 6.07) is 0. The minimum Gasteiger partial charge on any atom is -0.463 e. The van der Waals surface area contributed by atoms with Gasteiger partial charge in [0.2, 0.25) is 0 Å². The zero-order chi connectivity index (χ0) is 16.5. The van der Waals surface area contributed by atoms with E-state index >= 15 is 0 Å². The lowest BCUT2D eigenvalue weighted by Gasteiger charge is -2.25. The molecule has 0 aromatic heterocycles. The predicted octanol–water partition coefficient (Wildman–Crippen LogP) is 3.53. The summed E-state index contributed by atoms with van der Waals surface area (Å²) in [5.74, 6) is -0.360. The van der Waals surface area contributed by atoms with Gasteiger partial charge in [-0.1, -0.05) is 13.3 Å². The average Bonchev–Trinajstić information content (AvgIpc) is 2.33. The van der Waals surface area contributed by atoms with Gasteiger partial charge in [0.05, 0.1) is 6.61 Å². The Hall–Kier alpha value is -1.52. The molecule has 122 valence electrons. The van der Waals surface area contributed by atoms with Gasteiger partial charge in [0, 0.05) is 19.7 Å². The van der Waals surface area contributed by atoms with Crippen LogP contribution in [0.15, 0.2) is 11.6 Å². The fourth-order valence-corrected chi connectivity index (χ4v) is 1.66. The van der Waals surface area contributed by atoms with Crippen LogP contribution >= 0.6 is 0 Å². The van der Waals surface area contributed by atoms with Crippen LogP contribution in [0.3, 0.4) is 0 Å². The van der Waals surface area contributed by atoms with E-state index in [-0.39, 0.29) is 5.97 Å². The highest BCUT2D eigenvalue weighted by Gasteiger charge is 2.20. The van der Waals surface area contributed by atoms with Crippen LogP contribution in [0, 0.1) is 0 Å². The summed E-state index contributed by atoms with van der Waals surface area (Å²) in [6.45, 7) is 10.0. The first-order chi connectivity index (χ1) is 9.69. The Kier molecular flexibility index (Phi) is 8.74. The molecule has 0 heterocycles. The number of nitrogens with zero attached hydrogens (tertiary/aromatic N) is 1. The van der Waals surface area contributed by atoms with Gasteiger partial charge in [0.25, 0.3) is 0 Å². The number of ether oxygens (including phenoxy) is 2. The highest BCUT2D eigenvalue weighted by Crippen LogP contribution is 2.13. The van der Waals surface area contributed by atoms with Crippen molar-refractivity contribution in [2.24, 2.45) is 0 Å². The molecule has 0 aliphatic heterocycles. The summed E-state index contributed by atoms with van der Waals surface area (Å²) < 4.78 is 10.2. The van der Waals surface area contributed by atoms with Gasteiger partial charge in [-0.3, -0.25) is 0 Å². The third kappa shape index (κ3) is 9.93. The molecule has 0 aromatic rings. The molecular formula is C16H29NO4. The molecule has 5 nitrogen and oxygen atoms in total. The van der Waals surface area contributed by atoms with E-state index in [1.165, 1.54) is 11.0 Å². The van der Waals surface area contributed by atoms with E-state index in [9.17, 15) is 9.59 Å². The predicted molar refractivity (Wildman–Crippen MR) is 83.1 cm³/mol. The second-order valence-electron chi connectivity index (χ2n) is 5.99. The number of carbonyl (C=O) groups excluding carboxylic acids is 2. The van der Waals surface area contributed by atoms with Crippen LogP contribution in [-0.2, 0) is 14.3 Å². The molecule has 0 bridgehead atoms. The molecule has 0 unspecified atom stereocenters. The van der Waals surface area contributed by atoms with Crippen LogP contribution in [0.5, 0.6) is 0 Å². The van der Waals surface area contributed by atoms with Crippen molar-refractivity contribution in [1.82, 2.24) is 4.90 Å². The molecule has 0 saturated heterocycles. The van der Waals surface area contributed by atoms with Crippen LogP contribution in [-0.4, -0.2) is 42.8 Å². The molecule has 0 spiro atoms. The lowest BCUT2D eigenvalue weighted by Crippen LogP contribution is -2.35. The van der Waals surface area contributed by atoms with Gasteiger partial charge < -0.3 is 14.4 Å². The monoisotopic (exact) mass is 299 g/mol. The van der Waals surface area contributed by atoms with Gasteiger partial charge in [-0.15, -0.1) is 0 Å². The Balaban J connectivity index is 4.72. The molecule has 0 N–H and O–H groups in total. The highest BCUT2D eigenvalue weighted by atomic mass is 16.6. The van der Waals surface area contributed by atoms with Crippen molar-refractivity contribution in [3.05, 3.63) is 11.6 Å². The number of hydrogen-bond acceptors (Lipinski definition) is 4. The number of likely N-dealkylation sites (N-methyl/N-ethyl adjacent to an activating group) is 1.